The van der Waals surface area contributed by atoms with E-state index in [1.807, 2.05) is 0 Å². The highest BCUT2D eigenvalue weighted by atomic mass is 32.2. The first kappa shape index (κ1) is 18.2. The van der Waals surface area contributed by atoms with E-state index in [4.69, 9.17) is 4.42 Å². The SMILES string of the molecule is O=c1cc(SCc2ccc(C3CCCCCC3)cc2)oc2cc(O)ccc12. The lowest BCUT2D eigenvalue weighted by Crippen LogP contribution is -1.99. The highest BCUT2D eigenvalue weighted by molar-refractivity contribution is 7.98. The molecule has 1 aliphatic rings. The van der Waals surface area contributed by atoms with Crippen LogP contribution < -0.4 is 5.43 Å². The van der Waals surface area contributed by atoms with Gasteiger partial charge >= 0.3 is 0 Å². The molecule has 1 N–H and O–H groups in total. The van der Waals surface area contributed by atoms with Gasteiger partial charge in [0.25, 0.3) is 0 Å². The number of phenols is 1. The van der Waals surface area contributed by atoms with Crippen LogP contribution in [-0.4, -0.2) is 5.11 Å². The molecule has 4 rings (SSSR count). The van der Waals surface area contributed by atoms with Gasteiger partial charge in [-0.25, -0.2) is 0 Å². The quantitative estimate of drug-likeness (QED) is 0.431. The molecule has 27 heavy (non-hydrogen) atoms. The van der Waals surface area contributed by atoms with Gasteiger partial charge in [0.05, 0.1) is 5.39 Å². The van der Waals surface area contributed by atoms with E-state index < -0.39 is 0 Å². The predicted molar refractivity (Wildman–Crippen MR) is 111 cm³/mol. The number of thioether (sulfide) groups is 1. The van der Waals surface area contributed by atoms with Gasteiger partial charge in [-0.05, 0) is 42.0 Å². The Bertz CT molecular complexity index is 967. The number of aromatic hydroxyl groups is 1. The first-order valence-electron chi connectivity index (χ1n) is 9.67. The van der Waals surface area contributed by atoms with Crippen molar-refractivity contribution >= 4 is 22.7 Å². The van der Waals surface area contributed by atoms with Crippen molar-refractivity contribution in [1.82, 2.24) is 0 Å². The minimum Gasteiger partial charge on any atom is -0.508 e. The zero-order valence-corrected chi connectivity index (χ0v) is 16.1. The number of rotatable bonds is 4. The molecule has 1 aliphatic carbocycles. The van der Waals surface area contributed by atoms with Gasteiger partial charge in [0.1, 0.15) is 11.3 Å². The van der Waals surface area contributed by atoms with Crippen LogP contribution in [-0.2, 0) is 5.75 Å². The summed E-state index contributed by atoms with van der Waals surface area (Å²) in [5.41, 5.74) is 3.02. The maximum atomic E-state index is 12.2. The van der Waals surface area contributed by atoms with E-state index in [2.05, 4.69) is 24.3 Å². The molecule has 0 atom stereocenters. The first-order valence-corrected chi connectivity index (χ1v) is 10.7. The second kappa shape index (κ2) is 8.22. The third-order valence-corrected chi connectivity index (χ3v) is 6.34. The molecule has 3 nitrogen and oxygen atoms in total. The number of hydrogen-bond donors (Lipinski definition) is 1. The van der Waals surface area contributed by atoms with Gasteiger partial charge in [0.2, 0.25) is 0 Å². The summed E-state index contributed by atoms with van der Waals surface area (Å²) in [5, 5.41) is 10.7. The monoisotopic (exact) mass is 380 g/mol. The van der Waals surface area contributed by atoms with E-state index in [-0.39, 0.29) is 11.2 Å². The number of fused-ring (bicyclic) bond motifs is 1. The summed E-state index contributed by atoms with van der Waals surface area (Å²) in [6.07, 6.45) is 8.06. The lowest BCUT2D eigenvalue weighted by Gasteiger charge is -2.14. The zero-order valence-electron chi connectivity index (χ0n) is 15.3. The summed E-state index contributed by atoms with van der Waals surface area (Å²) >= 11 is 1.50. The number of benzene rings is 2. The molecule has 0 unspecified atom stereocenters. The second-order valence-corrected chi connectivity index (χ2v) is 8.31. The van der Waals surface area contributed by atoms with E-state index in [1.54, 1.807) is 6.07 Å². The van der Waals surface area contributed by atoms with E-state index in [9.17, 15) is 9.90 Å². The Hall–Kier alpha value is -2.20. The van der Waals surface area contributed by atoms with Crippen molar-refractivity contribution in [2.24, 2.45) is 0 Å². The zero-order chi connectivity index (χ0) is 18.6. The van der Waals surface area contributed by atoms with E-state index in [0.717, 1.165) is 5.75 Å². The molecule has 2 aromatic carbocycles. The van der Waals surface area contributed by atoms with Crippen LogP contribution in [0.1, 0.15) is 55.6 Å². The van der Waals surface area contributed by atoms with E-state index in [0.29, 0.717) is 22.0 Å². The highest BCUT2D eigenvalue weighted by Gasteiger charge is 2.14. The molecule has 0 spiro atoms. The Morgan fingerprint density at radius 3 is 2.44 bits per heavy atom. The summed E-state index contributed by atoms with van der Waals surface area (Å²) in [6, 6.07) is 15.0. The summed E-state index contributed by atoms with van der Waals surface area (Å²) in [7, 11) is 0. The van der Waals surface area contributed by atoms with E-state index >= 15 is 0 Å². The van der Waals surface area contributed by atoms with Crippen LogP contribution in [0.4, 0.5) is 0 Å². The van der Waals surface area contributed by atoms with Gasteiger partial charge in [-0.15, -0.1) is 0 Å². The molecular weight excluding hydrogens is 356 g/mol. The number of phenolic OH excluding ortho intramolecular Hbond substituents is 1. The fraction of sp³-hybridized carbons (Fsp3) is 0.348. The molecule has 0 aliphatic heterocycles. The summed E-state index contributed by atoms with van der Waals surface area (Å²) in [4.78, 5) is 12.2. The van der Waals surface area contributed by atoms with Crippen LogP contribution in [0.25, 0.3) is 11.0 Å². The van der Waals surface area contributed by atoms with Crippen molar-refractivity contribution < 1.29 is 9.52 Å². The van der Waals surface area contributed by atoms with Gasteiger partial charge in [-0.2, -0.15) is 0 Å². The third kappa shape index (κ3) is 4.38. The normalized spacial score (nSPS) is 15.7. The van der Waals surface area contributed by atoms with Gasteiger partial charge in [-0.3, -0.25) is 4.79 Å². The van der Waals surface area contributed by atoms with Gasteiger partial charge in [-0.1, -0.05) is 61.7 Å². The lowest BCUT2D eigenvalue weighted by molar-refractivity contribution is 0.468. The first-order chi connectivity index (χ1) is 13.2. The smallest absolute Gasteiger partial charge is 0.193 e. The lowest BCUT2D eigenvalue weighted by atomic mass is 9.91. The molecular formula is C23H24O3S. The molecule has 1 fully saturated rings. The number of hydrogen-bond acceptors (Lipinski definition) is 4. The molecule has 3 aromatic rings. The molecule has 1 saturated carbocycles. The van der Waals surface area contributed by atoms with Gasteiger partial charge in [0.15, 0.2) is 10.5 Å². The molecule has 0 bridgehead atoms. The van der Waals surface area contributed by atoms with Crippen LogP contribution in [0.5, 0.6) is 5.75 Å². The average molecular weight is 381 g/mol. The Morgan fingerprint density at radius 2 is 1.70 bits per heavy atom. The van der Waals surface area contributed by atoms with Crippen molar-refractivity contribution in [2.75, 3.05) is 0 Å². The molecule has 0 saturated heterocycles. The molecule has 1 aromatic heterocycles. The second-order valence-electron chi connectivity index (χ2n) is 7.33. The maximum Gasteiger partial charge on any atom is 0.193 e. The molecule has 0 amide bonds. The van der Waals surface area contributed by atoms with Gasteiger partial charge < -0.3 is 9.52 Å². The van der Waals surface area contributed by atoms with Crippen LogP contribution in [0, 0.1) is 0 Å². The summed E-state index contributed by atoms with van der Waals surface area (Å²) in [6.45, 7) is 0. The van der Waals surface area contributed by atoms with Crippen molar-refractivity contribution in [2.45, 2.75) is 55.3 Å². The molecule has 1 heterocycles. The Labute approximate surface area is 163 Å². The van der Waals surface area contributed by atoms with Crippen LogP contribution in [0.15, 0.2) is 62.8 Å². The third-order valence-electron chi connectivity index (χ3n) is 5.38. The van der Waals surface area contributed by atoms with Crippen LogP contribution in [0.3, 0.4) is 0 Å². The standard InChI is InChI=1S/C23H24O3S/c24-19-11-12-20-21(25)14-23(26-22(20)13-19)27-15-16-7-9-18(10-8-16)17-5-3-1-2-4-6-17/h7-14,17,24H,1-6,15H2. The fourth-order valence-corrected chi connectivity index (χ4v) is 4.69. The van der Waals surface area contributed by atoms with Crippen molar-refractivity contribution in [3.05, 3.63) is 69.9 Å². The maximum absolute atomic E-state index is 12.2. The predicted octanol–water partition coefficient (Wildman–Crippen LogP) is 6.23. The Morgan fingerprint density at radius 1 is 0.963 bits per heavy atom. The van der Waals surface area contributed by atoms with Crippen molar-refractivity contribution in [3.8, 4) is 5.75 Å². The minimum atomic E-state index is -0.0811. The molecule has 140 valence electrons. The Kier molecular flexibility index (Phi) is 5.53. The summed E-state index contributed by atoms with van der Waals surface area (Å²) in [5.74, 6) is 1.56. The molecule has 0 radical (unpaired) electrons. The Balaban J connectivity index is 1.45. The van der Waals surface area contributed by atoms with Crippen LogP contribution in [0.2, 0.25) is 0 Å². The van der Waals surface area contributed by atoms with E-state index in [1.165, 1.54) is 79.6 Å². The topological polar surface area (TPSA) is 50.4 Å². The van der Waals surface area contributed by atoms with Crippen molar-refractivity contribution in [1.29, 1.82) is 0 Å². The minimum absolute atomic E-state index is 0.0811. The van der Waals surface area contributed by atoms with Gasteiger partial charge in [0, 0.05) is 17.9 Å². The largest absolute Gasteiger partial charge is 0.508 e. The summed E-state index contributed by atoms with van der Waals surface area (Å²) < 4.78 is 5.78. The average Bonchev–Trinajstić information content (AvgIpc) is 2.96. The van der Waals surface area contributed by atoms with Crippen molar-refractivity contribution in [3.63, 3.8) is 0 Å². The van der Waals surface area contributed by atoms with Crippen LogP contribution >= 0.6 is 11.8 Å². The highest BCUT2D eigenvalue weighted by Crippen LogP contribution is 2.32. The molecule has 4 heteroatoms. The fourth-order valence-electron chi connectivity index (χ4n) is 3.85.